The first-order valence-electron chi connectivity index (χ1n) is 4.95. The molecule has 0 aliphatic rings. The van der Waals surface area contributed by atoms with Crippen molar-refractivity contribution >= 4 is 55.8 Å². The maximum atomic E-state index is 10.9. The number of rotatable bonds is 4. The molecule has 1 N–H and O–H groups in total. The minimum absolute atomic E-state index is 0.234. The zero-order chi connectivity index (χ0) is 13.1. The van der Waals surface area contributed by atoms with Gasteiger partial charge in [0.15, 0.2) is 0 Å². The van der Waals surface area contributed by atoms with Gasteiger partial charge in [-0.3, -0.25) is 0 Å². The standard InChI is InChI=1S/C12H8BrIO3S/c13-8-4-9(18-6-8)5-17-11-3-7(12(15)16)1-2-10(11)14/h1-4,6H,5H2,(H,15,16). The van der Waals surface area contributed by atoms with E-state index in [2.05, 4.69) is 38.5 Å². The summed E-state index contributed by atoms with van der Waals surface area (Å²) in [6, 6.07) is 6.84. The van der Waals surface area contributed by atoms with Crippen LogP contribution < -0.4 is 4.74 Å². The Morgan fingerprint density at radius 3 is 2.83 bits per heavy atom. The van der Waals surface area contributed by atoms with E-state index in [9.17, 15) is 4.79 Å². The average molecular weight is 439 g/mol. The van der Waals surface area contributed by atoms with E-state index in [4.69, 9.17) is 9.84 Å². The highest BCUT2D eigenvalue weighted by molar-refractivity contribution is 14.1. The van der Waals surface area contributed by atoms with Crippen LogP contribution in [-0.2, 0) is 6.61 Å². The molecule has 0 amide bonds. The van der Waals surface area contributed by atoms with E-state index in [1.165, 1.54) is 0 Å². The van der Waals surface area contributed by atoms with Gasteiger partial charge in [0.1, 0.15) is 12.4 Å². The molecule has 94 valence electrons. The van der Waals surface area contributed by atoms with Crippen molar-refractivity contribution in [2.75, 3.05) is 0 Å². The molecule has 1 aromatic carbocycles. The quantitative estimate of drug-likeness (QED) is 0.720. The normalized spacial score (nSPS) is 10.3. The van der Waals surface area contributed by atoms with Gasteiger partial charge in [-0.05, 0) is 62.8 Å². The van der Waals surface area contributed by atoms with E-state index >= 15 is 0 Å². The molecule has 3 nitrogen and oxygen atoms in total. The Bertz CT molecular complexity index is 582. The van der Waals surface area contributed by atoms with Crippen LogP contribution >= 0.6 is 49.9 Å². The third-order valence-electron chi connectivity index (χ3n) is 2.17. The third kappa shape index (κ3) is 3.46. The Morgan fingerprint density at radius 2 is 2.22 bits per heavy atom. The molecule has 0 radical (unpaired) electrons. The van der Waals surface area contributed by atoms with Crippen LogP contribution in [0.2, 0.25) is 0 Å². The monoisotopic (exact) mass is 438 g/mol. The molecule has 2 aromatic rings. The lowest BCUT2D eigenvalue weighted by Gasteiger charge is -2.07. The molecular weight excluding hydrogens is 431 g/mol. The van der Waals surface area contributed by atoms with Crippen LogP contribution in [0, 0.1) is 3.57 Å². The van der Waals surface area contributed by atoms with E-state index in [0.29, 0.717) is 12.4 Å². The van der Waals surface area contributed by atoms with Gasteiger partial charge in [0.25, 0.3) is 0 Å². The molecule has 18 heavy (non-hydrogen) atoms. The molecule has 0 atom stereocenters. The number of carboxylic acid groups (broad SMARTS) is 1. The van der Waals surface area contributed by atoms with Crippen molar-refractivity contribution in [1.82, 2.24) is 0 Å². The lowest BCUT2D eigenvalue weighted by Crippen LogP contribution is -2.00. The summed E-state index contributed by atoms with van der Waals surface area (Å²) in [4.78, 5) is 12.0. The first kappa shape index (κ1) is 13.8. The molecule has 1 aromatic heterocycles. The van der Waals surface area contributed by atoms with Gasteiger partial charge in [0.05, 0.1) is 9.13 Å². The molecule has 6 heteroatoms. The van der Waals surface area contributed by atoms with E-state index in [-0.39, 0.29) is 5.56 Å². The van der Waals surface area contributed by atoms with Crippen LogP contribution in [0.5, 0.6) is 5.75 Å². The number of ether oxygens (including phenoxy) is 1. The maximum Gasteiger partial charge on any atom is 0.335 e. The summed E-state index contributed by atoms with van der Waals surface area (Å²) >= 11 is 7.10. The topological polar surface area (TPSA) is 46.5 Å². The van der Waals surface area contributed by atoms with Crippen molar-refractivity contribution in [3.05, 3.63) is 48.1 Å². The van der Waals surface area contributed by atoms with Gasteiger partial charge in [0.2, 0.25) is 0 Å². The van der Waals surface area contributed by atoms with Crippen LogP contribution in [-0.4, -0.2) is 11.1 Å². The van der Waals surface area contributed by atoms with Crippen molar-refractivity contribution in [3.63, 3.8) is 0 Å². The Kier molecular flexibility index (Phi) is 4.63. The van der Waals surface area contributed by atoms with Gasteiger partial charge in [-0.15, -0.1) is 11.3 Å². The predicted molar refractivity (Wildman–Crippen MR) is 82.5 cm³/mol. The fraction of sp³-hybridized carbons (Fsp3) is 0.0833. The summed E-state index contributed by atoms with van der Waals surface area (Å²) in [7, 11) is 0. The third-order valence-corrected chi connectivity index (χ3v) is 4.73. The van der Waals surface area contributed by atoms with Crippen LogP contribution in [0.3, 0.4) is 0 Å². The van der Waals surface area contributed by atoms with Crippen molar-refractivity contribution in [3.8, 4) is 5.75 Å². The lowest BCUT2D eigenvalue weighted by atomic mass is 10.2. The zero-order valence-corrected chi connectivity index (χ0v) is 13.6. The van der Waals surface area contributed by atoms with Gasteiger partial charge in [-0.25, -0.2) is 4.79 Å². The molecule has 0 fully saturated rings. The van der Waals surface area contributed by atoms with Gasteiger partial charge in [0, 0.05) is 14.7 Å². The minimum Gasteiger partial charge on any atom is -0.487 e. The Morgan fingerprint density at radius 1 is 1.44 bits per heavy atom. The largest absolute Gasteiger partial charge is 0.487 e. The number of benzene rings is 1. The molecule has 0 bridgehead atoms. The van der Waals surface area contributed by atoms with Gasteiger partial charge in [-0.2, -0.15) is 0 Å². The van der Waals surface area contributed by atoms with Crippen molar-refractivity contribution in [2.45, 2.75) is 6.61 Å². The number of carboxylic acids is 1. The molecule has 0 aliphatic carbocycles. The zero-order valence-electron chi connectivity index (χ0n) is 9.02. The molecule has 0 saturated carbocycles. The highest BCUT2D eigenvalue weighted by Crippen LogP contribution is 2.25. The summed E-state index contributed by atoms with van der Waals surface area (Å²) < 4.78 is 7.57. The number of aromatic carboxylic acids is 1. The molecule has 0 spiro atoms. The Labute approximate surface area is 130 Å². The summed E-state index contributed by atoms with van der Waals surface area (Å²) in [6.07, 6.45) is 0. The molecule has 1 heterocycles. The smallest absolute Gasteiger partial charge is 0.335 e. The van der Waals surface area contributed by atoms with Crippen molar-refractivity contribution in [1.29, 1.82) is 0 Å². The van der Waals surface area contributed by atoms with Crippen LogP contribution in [0.25, 0.3) is 0 Å². The second-order valence-corrected chi connectivity index (χ2v) is 6.54. The maximum absolute atomic E-state index is 10.9. The average Bonchev–Trinajstić information content (AvgIpc) is 2.74. The first-order valence-corrected chi connectivity index (χ1v) is 7.70. The second kappa shape index (κ2) is 6.03. The summed E-state index contributed by atoms with van der Waals surface area (Å²) in [5.41, 5.74) is 0.234. The highest BCUT2D eigenvalue weighted by Gasteiger charge is 2.08. The molecule has 0 aliphatic heterocycles. The summed E-state index contributed by atoms with van der Waals surface area (Å²) in [5.74, 6) is -0.352. The van der Waals surface area contributed by atoms with Crippen LogP contribution in [0.15, 0.2) is 34.1 Å². The van der Waals surface area contributed by atoms with Crippen molar-refractivity contribution < 1.29 is 14.6 Å². The van der Waals surface area contributed by atoms with E-state index in [0.717, 1.165) is 12.9 Å². The van der Waals surface area contributed by atoms with Crippen LogP contribution in [0.4, 0.5) is 0 Å². The van der Waals surface area contributed by atoms with E-state index < -0.39 is 5.97 Å². The minimum atomic E-state index is -0.949. The van der Waals surface area contributed by atoms with Gasteiger partial charge < -0.3 is 9.84 Å². The summed E-state index contributed by atoms with van der Waals surface area (Å²) in [6.45, 7) is 0.440. The molecule has 0 saturated heterocycles. The van der Waals surface area contributed by atoms with Crippen LogP contribution in [0.1, 0.15) is 15.2 Å². The second-order valence-electron chi connectivity index (χ2n) is 3.47. The number of hydrogen-bond acceptors (Lipinski definition) is 3. The Balaban J connectivity index is 2.13. The lowest BCUT2D eigenvalue weighted by molar-refractivity contribution is 0.0696. The molecule has 2 rings (SSSR count). The number of hydrogen-bond donors (Lipinski definition) is 1. The number of carbonyl (C=O) groups is 1. The Hall–Kier alpha value is -0.600. The van der Waals surface area contributed by atoms with Gasteiger partial charge >= 0.3 is 5.97 Å². The number of thiophene rings is 1. The molecule has 0 unspecified atom stereocenters. The predicted octanol–water partition coefficient (Wildman–Crippen LogP) is 4.39. The SMILES string of the molecule is O=C(O)c1ccc(I)c(OCc2cc(Br)cs2)c1. The van der Waals surface area contributed by atoms with Crippen molar-refractivity contribution in [2.24, 2.45) is 0 Å². The number of halogens is 2. The van der Waals surface area contributed by atoms with Gasteiger partial charge in [-0.1, -0.05) is 0 Å². The summed E-state index contributed by atoms with van der Waals surface area (Å²) in [5, 5.41) is 10.9. The highest BCUT2D eigenvalue weighted by atomic mass is 127. The molecular formula is C12H8BrIO3S. The van der Waals surface area contributed by atoms with E-state index in [1.807, 2.05) is 11.4 Å². The fourth-order valence-corrected chi connectivity index (χ4v) is 3.18. The van der Waals surface area contributed by atoms with E-state index in [1.54, 1.807) is 29.5 Å². The first-order chi connectivity index (χ1) is 8.56. The fourth-order valence-electron chi connectivity index (χ4n) is 1.33.